The van der Waals surface area contributed by atoms with Crippen LogP contribution < -0.4 is 10.0 Å². The van der Waals surface area contributed by atoms with Crippen LogP contribution in [0.25, 0.3) is 10.8 Å². The smallest absolute Gasteiger partial charge is 0.345 e. The highest BCUT2D eigenvalue weighted by Gasteiger charge is 2.30. The zero-order valence-electron chi connectivity index (χ0n) is 17.3. The molecule has 0 aliphatic carbocycles. The van der Waals surface area contributed by atoms with E-state index in [0.717, 1.165) is 18.4 Å². The maximum absolute atomic E-state index is 12.9. The van der Waals surface area contributed by atoms with Crippen molar-refractivity contribution in [1.82, 2.24) is 5.32 Å². The van der Waals surface area contributed by atoms with E-state index in [1.54, 1.807) is 19.9 Å². The average molecular weight is 485 g/mol. The van der Waals surface area contributed by atoms with Gasteiger partial charge in [-0.25, -0.2) is 8.42 Å². The van der Waals surface area contributed by atoms with Gasteiger partial charge in [-0.15, -0.1) is 0 Å². The number of anilines is 1. The van der Waals surface area contributed by atoms with Crippen molar-refractivity contribution in [3.63, 3.8) is 0 Å². The van der Waals surface area contributed by atoms with Crippen LogP contribution >= 0.6 is 11.6 Å². The topological polar surface area (TPSA) is 75.3 Å². The summed E-state index contributed by atoms with van der Waals surface area (Å²) in [5, 5.41) is 3.95. The molecule has 0 aliphatic heterocycles. The van der Waals surface area contributed by atoms with Gasteiger partial charge in [-0.2, -0.15) is 13.2 Å². The molecule has 3 rings (SSSR count). The third kappa shape index (κ3) is 5.52. The number of alkyl halides is 3. The standard InChI is InChI=1S/C22H20ClF3N2O3S/c1-12-8-18(19(23)11-20(12)28-32(3,30)31)13(2)27-21(29)16-5-4-15-10-17(22(24,25)26)7-6-14(15)9-16/h4-11,13,28H,1-3H3,(H,27,29)/t13-/m1/s1. The van der Waals surface area contributed by atoms with Crippen LogP contribution in [0.2, 0.25) is 5.02 Å². The molecule has 32 heavy (non-hydrogen) atoms. The number of nitrogens with one attached hydrogen (secondary N) is 2. The Balaban J connectivity index is 1.82. The second kappa shape index (κ2) is 8.63. The minimum atomic E-state index is -4.44. The first kappa shape index (κ1) is 23.9. The molecule has 10 heteroatoms. The van der Waals surface area contributed by atoms with Crippen LogP contribution in [0, 0.1) is 6.92 Å². The zero-order chi connectivity index (χ0) is 23.8. The lowest BCUT2D eigenvalue weighted by atomic mass is 10.0. The van der Waals surface area contributed by atoms with Crippen molar-refractivity contribution in [2.75, 3.05) is 11.0 Å². The quantitative estimate of drug-likeness (QED) is 0.489. The lowest BCUT2D eigenvalue weighted by molar-refractivity contribution is -0.137. The molecule has 5 nitrogen and oxygen atoms in total. The molecule has 0 saturated heterocycles. The SMILES string of the molecule is Cc1cc([C@@H](C)NC(=O)c2ccc3cc(C(F)(F)F)ccc3c2)c(Cl)cc1NS(C)(=O)=O. The van der Waals surface area contributed by atoms with Crippen LogP contribution in [0.1, 0.15) is 40.0 Å². The highest BCUT2D eigenvalue weighted by atomic mass is 35.5. The first-order valence-corrected chi connectivity index (χ1v) is 11.7. The van der Waals surface area contributed by atoms with E-state index >= 15 is 0 Å². The van der Waals surface area contributed by atoms with Gasteiger partial charge in [0.15, 0.2) is 0 Å². The van der Waals surface area contributed by atoms with Crippen molar-refractivity contribution in [3.05, 3.63) is 75.8 Å². The molecular formula is C22H20ClF3N2O3S. The summed E-state index contributed by atoms with van der Waals surface area (Å²) in [6, 6.07) is 10.4. The molecule has 1 atom stereocenters. The van der Waals surface area contributed by atoms with Crippen LogP contribution in [0.15, 0.2) is 48.5 Å². The summed E-state index contributed by atoms with van der Waals surface area (Å²) < 4.78 is 64.0. The number of carbonyl (C=O) groups is 1. The number of hydrogen-bond acceptors (Lipinski definition) is 3. The zero-order valence-corrected chi connectivity index (χ0v) is 18.9. The largest absolute Gasteiger partial charge is 0.416 e. The normalized spacial score (nSPS) is 13.1. The number of rotatable bonds is 5. The Morgan fingerprint density at radius 1 is 1.03 bits per heavy atom. The molecule has 0 saturated carbocycles. The van der Waals surface area contributed by atoms with Crippen molar-refractivity contribution in [2.45, 2.75) is 26.1 Å². The van der Waals surface area contributed by atoms with Gasteiger partial charge in [0.1, 0.15) is 0 Å². The van der Waals surface area contributed by atoms with E-state index in [1.165, 1.54) is 30.3 Å². The fourth-order valence-electron chi connectivity index (χ4n) is 3.27. The second-order valence-electron chi connectivity index (χ2n) is 7.53. The summed E-state index contributed by atoms with van der Waals surface area (Å²) in [5.41, 5.74) is 1.09. The molecule has 0 aromatic heterocycles. The Morgan fingerprint density at radius 3 is 2.28 bits per heavy atom. The number of sulfonamides is 1. The summed E-state index contributed by atoms with van der Waals surface area (Å²) >= 11 is 6.31. The predicted molar refractivity (Wildman–Crippen MR) is 119 cm³/mol. The van der Waals surface area contributed by atoms with Gasteiger partial charge in [-0.1, -0.05) is 29.8 Å². The summed E-state index contributed by atoms with van der Waals surface area (Å²) in [7, 11) is -3.47. The van der Waals surface area contributed by atoms with Crippen molar-refractivity contribution in [1.29, 1.82) is 0 Å². The van der Waals surface area contributed by atoms with Crippen LogP contribution in [0.5, 0.6) is 0 Å². The number of fused-ring (bicyclic) bond motifs is 1. The maximum Gasteiger partial charge on any atom is 0.416 e. The van der Waals surface area contributed by atoms with Crippen molar-refractivity contribution < 1.29 is 26.4 Å². The summed E-state index contributed by atoms with van der Waals surface area (Å²) in [5.74, 6) is -0.425. The summed E-state index contributed by atoms with van der Waals surface area (Å²) in [6.07, 6.45) is -3.41. The van der Waals surface area contributed by atoms with Gasteiger partial charge < -0.3 is 5.32 Å². The van der Waals surface area contributed by atoms with E-state index in [0.29, 0.717) is 27.6 Å². The molecule has 0 spiro atoms. The Kier molecular flexibility index (Phi) is 6.44. The first-order valence-electron chi connectivity index (χ1n) is 9.44. The van der Waals surface area contributed by atoms with Gasteiger partial charge in [-0.05, 0) is 66.1 Å². The highest BCUT2D eigenvalue weighted by molar-refractivity contribution is 7.92. The van der Waals surface area contributed by atoms with Crippen LogP contribution in [-0.4, -0.2) is 20.6 Å². The van der Waals surface area contributed by atoms with Gasteiger partial charge >= 0.3 is 6.18 Å². The van der Waals surface area contributed by atoms with E-state index < -0.39 is 33.7 Å². The van der Waals surface area contributed by atoms with Crippen LogP contribution in [0.4, 0.5) is 18.9 Å². The molecule has 3 aromatic rings. The van der Waals surface area contributed by atoms with Crippen molar-refractivity contribution in [3.8, 4) is 0 Å². The Morgan fingerprint density at radius 2 is 1.66 bits per heavy atom. The molecule has 170 valence electrons. The number of halogens is 4. The molecular weight excluding hydrogens is 465 g/mol. The monoisotopic (exact) mass is 484 g/mol. The molecule has 0 aliphatic rings. The highest BCUT2D eigenvalue weighted by Crippen LogP contribution is 2.32. The summed E-state index contributed by atoms with van der Waals surface area (Å²) in [4.78, 5) is 12.7. The Labute approximate surface area is 188 Å². The van der Waals surface area contributed by atoms with E-state index in [4.69, 9.17) is 11.6 Å². The van der Waals surface area contributed by atoms with Gasteiger partial charge in [0.2, 0.25) is 10.0 Å². The number of amides is 1. The minimum Gasteiger partial charge on any atom is -0.345 e. The lowest BCUT2D eigenvalue weighted by Crippen LogP contribution is -2.27. The first-order chi connectivity index (χ1) is 14.7. The van der Waals surface area contributed by atoms with E-state index in [-0.39, 0.29) is 10.6 Å². The predicted octanol–water partition coefficient (Wildman–Crippen LogP) is 5.68. The number of carbonyl (C=O) groups excluding carboxylic acids is 1. The van der Waals surface area contributed by atoms with Gasteiger partial charge in [0.05, 0.1) is 23.5 Å². The number of hydrogen-bond donors (Lipinski definition) is 2. The number of aryl methyl sites for hydroxylation is 1. The molecule has 2 N–H and O–H groups in total. The molecule has 0 unspecified atom stereocenters. The van der Waals surface area contributed by atoms with Gasteiger partial charge in [0, 0.05) is 10.6 Å². The summed E-state index contributed by atoms with van der Waals surface area (Å²) in [6.45, 7) is 3.43. The van der Waals surface area contributed by atoms with Gasteiger partial charge in [0.25, 0.3) is 5.91 Å². The fourth-order valence-corrected chi connectivity index (χ4v) is 4.21. The average Bonchev–Trinajstić information content (AvgIpc) is 2.67. The van der Waals surface area contributed by atoms with E-state index in [1.807, 2.05) is 0 Å². The molecule has 0 radical (unpaired) electrons. The van der Waals surface area contributed by atoms with Crippen molar-refractivity contribution >= 4 is 44.0 Å². The number of benzene rings is 3. The van der Waals surface area contributed by atoms with Crippen molar-refractivity contribution in [2.24, 2.45) is 0 Å². The molecule has 0 bridgehead atoms. The van der Waals surface area contributed by atoms with E-state index in [2.05, 4.69) is 10.0 Å². The lowest BCUT2D eigenvalue weighted by Gasteiger charge is -2.18. The van der Waals surface area contributed by atoms with Crippen LogP contribution in [-0.2, 0) is 16.2 Å². The third-order valence-electron chi connectivity index (χ3n) is 4.88. The maximum atomic E-state index is 12.9. The molecule has 0 heterocycles. The molecule has 3 aromatic carbocycles. The fraction of sp³-hybridized carbons (Fsp3) is 0.227. The Bertz CT molecular complexity index is 1310. The molecule has 1 amide bonds. The third-order valence-corrected chi connectivity index (χ3v) is 5.80. The van der Waals surface area contributed by atoms with Crippen LogP contribution in [0.3, 0.4) is 0 Å². The minimum absolute atomic E-state index is 0.271. The second-order valence-corrected chi connectivity index (χ2v) is 9.69. The Hall–Kier alpha value is -2.78. The van der Waals surface area contributed by atoms with E-state index in [9.17, 15) is 26.4 Å². The molecule has 0 fully saturated rings. The van der Waals surface area contributed by atoms with Gasteiger partial charge in [-0.3, -0.25) is 9.52 Å².